The number of benzene rings is 1. The molecular formula is C47H62N6O10S. The fourth-order valence-corrected chi connectivity index (χ4v) is 11.0. The highest BCUT2D eigenvalue weighted by Gasteiger charge is 2.63. The van der Waals surface area contributed by atoms with Gasteiger partial charge in [-0.1, -0.05) is 43.2 Å². The van der Waals surface area contributed by atoms with E-state index in [1.54, 1.807) is 6.92 Å². The Hall–Kier alpha value is -4.74. The summed E-state index contributed by atoms with van der Waals surface area (Å²) in [6.07, 6.45) is 14.8. The van der Waals surface area contributed by atoms with E-state index in [4.69, 9.17) is 23.9 Å². The van der Waals surface area contributed by atoms with Crippen LogP contribution in [0.15, 0.2) is 42.5 Å². The number of hydrogen-bond acceptors (Lipinski definition) is 12. The minimum atomic E-state index is -4.01. The first-order valence-electron chi connectivity index (χ1n) is 23.4. The molecule has 3 bridgehead atoms. The topological polar surface area (TPSA) is 195 Å². The zero-order valence-corrected chi connectivity index (χ0v) is 37.6. The van der Waals surface area contributed by atoms with Gasteiger partial charge in [-0.25, -0.2) is 18.2 Å². The highest BCUT2D eigenvalue weighted by molar-refractivity contribution is 7.91. The lowest BCUT2D eigenvalue weighted by Gasteiger charge is -2.30. The first-order chi connectivity index (χ1) is 30.9. The van der Waals surface area contributed by atoms with Crippen molar-refractivity contribution in [3.63, 3.8) is 0 Å². The number of carbonyl (C=O) groups is 4. The number of carbonyl (C=O) groups excluding carboxylic acids is 4. The molecule has 4 aliphatic heterocycles. The maximum Gasteiger partial charge on any atom is 0.408 e. The molecule has 5 heterocycles. The van der Waals surface area contributed by atoms with Crippen LogP contribution in [-0.2, 0) is 33.9 Å². The summed E-state index contributed by atoms with van der Waals surface area (Å²) in [5.74, 6) is -1.13. The number of hydrogen-bond donors (Lipinski definition) is 3. The third-order valence-electron chi connectivity index (χ3n) is 14.2. The van der Waals surface area contributed by atoms with Crippen molar-refractivity contribution in [2.45, 2.75) is 131 Å². The van der Waals surface area contributed by atoms with Crippen LogP contribution < -0.4 is 24.8 Å². The number of aromatic nitrogens is 1. The summed E-state index contributed by atoms with van der Waals surface area (Å²) >= 11 is 0. The Kier molecular flexibility index (Phi) is 12.9. The third-order valence-corrected chi connectivity index (χ3v) is 16.4. The Morgan fingerprint density at radius 3 is 2.64 bits per heavy atom. The number of amides is 4. The summed E-state index contributed by atoms with van der Waals surface area (Å²) in [6.45, 7) is 6.14. The van der Waals surface area contributed by atoms with Gasteiger partial charge in [-0.2, -0.15) is 0 Å². The van der Waals surface area contributed by atoms with Crippen LogP contribution in [0.3, 0.4) is 0 Å². The molecule has 4 amide bonds. The molecule has 0 unspecified atom stereocenters. The molecule has 7 atom stereocenters. The molecule has 1 aromatic heterocycles. The van der Waals surface area contributed by atoms with Gasteiger partial charge >= 0.3 is 6.09 Å². The molecule has 1 aromatic carbocycles. The Balaban J connectivity index is 1.05. The van der Waals surface area contributed by atoms with E-state index in [2.05, 4.69) is 26.3 Å². The number of sulfonamides is 1. The second-order valence-electron chi connectivity index (χ2n) is 19.0. The van der Waals surface area contributed by atoms with Crippen LogP contribution >= 0.6 is 0 Å². The zero-order valence-electron chi connectivity index (χ0n) is 36.8. The number of para-hydroxylation sites is 1. The molecule has 5 fully saturated rings. The van der Waals surface area contributed by atoms with Gasteiger partial charge in [-0.3, -0.25) is 24.0 Å². The van der Waals surface area contributed by atoms with E-state index >= 15 is 0 Å². The molecule has 2 saturated heterocycles. The SMILES string of the molecule is CC1(S(=O)(=O)NC(=O)[C@@]23C[C@H]2/C=C\CCCCC[C@@H]2NC(=O)O[C@@H]4C[C@H]4CCC/C=C/c4c(nc5ccccc5c4OCCCN4CCOCC4)O[C@@H]4C[C@H](C(=O)N3)N(C4)C2=O)CC1. The maximum absolute atomic E-state index is 14.8. The van der Waals surface area contributed by atoms with Gasteiger partial charge in [-0.05, 0) is 102 Å². The molecule has 7 aliphatic rings. The molecule has 2 aromatic rings. The first-order valence-corrected chi connectivity index (χ1v) is 24.9. The van der Waals surface area contributed by atoms with Crippen molar-refractivity contribution < 1.29 is 46.5 Å². The van der Waals surface area contributed by atoms with Crippen LogP contribution in [-0.4, -0.2) is 128 Å². The van der Waals surface area contributed by atoms with Crippen molar-refractivity contribution >= 4 is 50.8 Å². The minimum absolute atomic E-state index is 0.0164. The molecule has 0 radical (unpaired) electrons. The van der Waals surface area contributed by atoms with E-state index in [0.717, 1.165) is 83.2 Å². The van der Waals surface area contributed by atoms with Gasteiger partial charge in [0.05, 0.1) is 42.2 Å². The largest absolute Gasteiger partial charge is 0.492 e. The molecule has 3 N–H and O–H groups in total. The Morgan fingerprint density at radius 2 is 1.81 bits per heavy atom. The fraction of sp³-hybridized carbons (Fsp3) is 0.638. The summed E-state index contributed by atoms with van der Waals surface area (Å²) in [5, 5.41) is 6.65. The van der Waals surface area contributed by atoms with Crippen LogP contribution in [0.5, 0.6) is 11.6 Å². The lowest BCUT2D eigenvalue weighted by Crippen LogP contribution is -2.58. The van der Waals surface area contributed by atoms with E-state index in [9.17, 15) is 27.6 Å². The number of rotatable bonds is 8. The normalized spacial score (nSPS) is 32.0. The lowest BCUT2D eigenvalue weighted by molar-refractivity contribution is -0.141. The smallest absolute Gasteiger partial charge is 0.408 e. The minimum Gasteiger partial charge on any atom is -0.492 e. The number of nitrogens with zero attached hydrogens (tertiary/aromatic N) is 3. The summed E-state index contributed by atoms with van der Waals surface area (Å²) in [5.41, 5.74) is -0.196. The average Bonchev–Trinajstić information content (AvgIpc) is 4.24. The quantitative estimate of drug-likeness (QED) is 0.243. The van der Waals surface area contributed by atoms with E-state index in [1.807, 2.05) is 42.5 Å². The standard InChI is InChI=1S/C47H62N6O10S/c1-46(19-20-46)64(58,59)51-44(56)47-29-32(47)14-7-3-2-4-9-18-37-43(55)53-30-33(28-38(53)41(54)50-47)62-42-35(16-8-5-6-13-31-27-39(31)63-45(57)49-37)40(34-15-10-11-17-36(34)48-42)61-24-12-21-52-22-25-60-26-23-52/h7-8,10-11,14-17,31-33,37-39H,2-6,9,12-13,18-30H2,1H3,(H,49,57)(H,50,54)(H,51,56)/b14-7-,16-8+/t31-,32-,33-,37+,38-,39-,47-/m1/s1. The number of ether oxygens (including phenoxy) is 4. The third kappa shape index (κ3) is 9.76. The van der Waals surface area contributed by atoms with Crippen molar-refractivity contribution in [2.75, 3.05) is 46.0 Å². The van der Waals surface area contributed by atoms with Crippen molar-refractivity contribution in [1.82, 2.24) is 30.1 Å². The molecule has 17 heteroatoms. The van der Waals surface area contributed by atoms with Crippen LogP contribution in [0.1, 0.15) is 102 Å². The van der Waals surface area contributed by atoms with Gasteiger partial charge in [-0.15, -0.1) is 0 Å². The lowest BCUT2D eigenvalue weighted by atomic mass is 10.0. The molecule has 346 valence electrons. The van der Waals surface area contributed by atoms with Crippen LogP contribution in [0.4, 0.5) is 4.79 Å². The van der Waals surface area contributed by atoms with Crippen molar-refractivity contribution in [2.24, 2.45) is 11.8 Å². The van der Waals surface area contributed by atoms with E-state index in [-0.39, 0.29) is 31.4 Å². The molecule has 3 aliphatic carbocycles. The van der Waals surface area contributed by atoms with Gasteiger partial charge in [0.15, 0.2) is 0 Å². The summed E-state index contributed by atoms with van der Waals surface area (Å²) < 4.78 is 52.7. The second-order valence-corrected chi connectivity index (χ2v) is 21.2. The second kappa shape index (κ2) is 18.6. The van der Waals surface area contributed by atoms with E-state index in [0.29, 0.717) is 61.4 Å². The summed E-state index contributed by atoms with van der Waals surface area (Å²) in [7, 11) is -4.01. The van der Waals surface area contributed by atoms with E-state index < -0.39 is 68.2 Å². The molecule has 16 nitrogen and oxygen atoms in total. The highest BCUT2D eigenvalue weighted by atomic mass is 32.2. The number of fused-ring (bicyclic) bond motifs is 6. The monoisotopic (exact) mass is 902 g/mol. The van der Waals surface area contributed by atoms with Gasteiger partial charge in [0.2, 0.25) is 27.7 Å². The average molecular weight is 903 g/mol. The van der Waals surface area contributed by atoms with Crippen molar-refractivity contribution in [3.05, 3.63) is 48.1 Å². The maximum atomic E-state index is 14.8. The van der Waals surface area contributed by atoms with Crippen LogP contribution in [0, 0.1) is 11.8 Å². The van der Waals surface area contributed by atoms with Gasteiger partial charge < -0.3 is 34.5 Å². The van der Waals surface area contributed by atoms with Gasteiger partial charge in [0.1, 0.15) is 35.6 Å². The number of allylic oxidation sites excluding steroid dienone is 2. The highest BCUT2D eigenvalue weighted by Crippen LogP contribution is 2.48. The predicted molar refractivity (Wildman–Crippen MR) is 238 cm³/mol. The molecule has 64 heavy (non-hydrogen) atoms. The van der Waals surface area contributed by atoms with E-state index in [1.165, 1.54) is 4.90 Å². The van der Waals surface area contributed by atoms with Gasteiger partial charge in [0.25, 0.3) is 5.91 Å². The molecule has 0 spiro atoms. The Morgan fingerprint density at radius 1 is 1.00 bits per heavy atom. The Labute approximate surface area is 375 Å². The molecule has 3 saturated carbocycles. The summed E-state index contributed by atoms with van der Waals surface area (Å²) in [4.78, 5) is 65.8. The first kappa shape index (κ1) is 44.5. The number of morpholine rings is 1. The van der Waals surface area contributed by atoms with Gasteiger partial charge in [0, 0.05) is 37.4 Å². The molecule has 9 rings (SSSR count). The summed E-state index contributed by atoms with van der Waals surface area (Å²) in [6, 6.07) is 5.64. The number of nitrogens with one attached hydrogen (secondary N) is 3. The van der Waals surface area contributed by atoms with Crippen molar-refractivity contribution in [3.8, 4) is 11.6 Å². The van der Waals surface area contributed by atoms with Crippen LogP contribution in [0.25, 0.3) is 17.0 Å². The predicted octanol–water partition coefficient (Wildman–Crippen LogP) is 4.76. The number of pyridine rings is 1. The fourth-order valence-electron chi connectivity index (χ4n) is 9.64. The molecular weight excluding hydrogens is 841 g/mol. The van der Waals surface area contributed by atoms with Crippen LogP contribution in [0.2, 0.25) is 0 Å². The Bertz CT molecular complexity index is 2280. The zero-order chi connectivity index (χ0) is 44.5. The van der Waals surface area contributed by atoms with Crippen molar-refractivity contribution in [1.29, 1.82) is 0 Å². The number of alkyl carbamates (subject to hydrolysis) is 1.